The Labute approximate surface area is 167 Å². The number of nitrogens with zero attached hydrogens (tertiary/aromatic N) is 1. The molecule has 0 bridgehead atoms. The number of benzene rings is 1. The second-order valence-electron chi connectivity index (χ2n) is 7.14. The molecule has 0 aromatic heterocycles. The minimum absolute atomic E-state index is 0.283. The van der Waals surface area contributed by atoms with Crippen LogP contribution in [-0.4, -0.2) is 53.3 Å². The lowest BCUT2D eigenvalue weighted by Gasteiger charge is -2.28. The number of hydrogen-bond donors (Lipinski definition) is 2. The molecule has 7 nitrogen and oxygen atoms in total. The maximum Gasteiger partial charge on any atom is 0.326 e. The number of likely N-dealkylation sites (tertiary alicyclic amines) is 1. The molecule has 1 aliphatic heterocycles. The number of aryl methyl sites for hydroxylation is 1. The van der Waals surface area contributed by atoms with E-state index in [0.717, 1.165) is 12.8 Å². The van der Waals surface area contributed by atoms with Crippen molar-refractivity contribution in [3.8, 4) is 0 Å². The van der Waals surface area contributed by atoms with Gasteiger partial charge in [0.15, 0.2) is 0 Å². The van der Waals surface area contributed by atoms with E-state index in [-0.39, 0.29) is 12.5 Å². The molecule has 1 unspecified atom stereocenters. The van der Waals surface area contributed by atoms with Gasteiger partial charge in [0.25, 0.3) is 7.52 Å². The molecule has 0 saturated carbocycles. The van der Waals surface area contributed by atoms with E-state index in [1.54, 1.807) is 13.8 Å². The molecule has 0 spiro atoms. The predicted octanol–water partition coefficient (Wildman–Crippen LogP) is 3.29. The third-order valence-electron chi connectivity index (χ3n) is 4.93. The fourth-order valence-electron chi connectivity index (χ4n) is 3.55. The van der Waals surface area contributed by atoms with Gasteiger partial charge >= 0.3 is 5.97 Å². The molecule has 1 aliphatic rings. The molecule has 8 heteroatoms. The van der Waals surface area contributed by atoms with E-state index in [4.69, 9.17) is 4.52 Å². The number of carbonyl (C=O) groups is 2. The average Bonchev–Trinajstić information content (AvgIpc) is 3.16. The number of unbranched alkanes of at least 4 members (excludes halogenated alkanes) is 1. The summed E-state index contributed by atoms with van der Waals surface area (Å²) in [5, 5.41) is 12.2. The van der Waals surface area contributed by atoms with Crippen LogP contribution in [0.2, 0.25) is 0 Å². The molecule has 1 fully saturated rings. The smallest absolute Gasteiger partial charge is 0.326 e. The zero-order valence-electron chi connectivity index (χ0n) is 16.7. The molecule has 1 heterocycles. The first-order chi connectivity index (χ1) is 13.4. The normalized spacial score (nSPS) is 19.9. The molecule has 0 aliphatic carbocycles. The van der Waals surface area contributed by atoms with Gasteiger partial charge in [0.05, 0.1) is 12.6 Å². The molecule has 1 aromatic rings. The number of amides is 1. The summed E-state index contributed by atoms with van der Waals surface area (Å²) in [7, 11) is -3.18. The van der Waals surface area contributed by atoms with Crippen LogP contribution in [-0.2, 0) is 25.1 Å². The Morgan fingerprint density at radius 3 is 2.68 bits per heavy atom. The first-order valence-electron chi connectivity index (χ1n) is 9.95. The Kier molecular flexibility index (Phi) is 8.67. The molecular formula is C20H31N2O5P. The van der Waals surface area contributed by atoms with Gasteiger partial charge in [-0.2, -0.15) is 0 Å². The SMILES string of the molecule is CCOP(=O)(CCCCc1ccccc1)N[C@@H](C)C(=O)N1CCC[C@H]1C(=O)O. The lowest BCUT2D eigenvalue weighted by atomic mass is 10.1. The van der Waals surface area contributed by atoms with Crippen LogP contribution < -0.4 is 5.09 Å². The fourth-order valence-corrected chi connectivity index (χ4v) is 5.65. The topological polar surface area (TPSA) is 95.9 Å². The van der Waals surface area contributed by atoms with E-state index in [2.05, 4.69) is 17.2 Å². The third-order valence-corrected chi connectivity index (χ3v) is 7.29. The summed E-state index contributed by atoms with van der Waals surface area (Å²) in [5.74, 6) is -1.33. The summed E-state index contributed by atoms with van der Waals surface area (Å²) in [6.45, 7) is 4.09. The fraction of sp³-hybridized carbons (Fsp3) is 0.600. The van der Waals surface area contributed by atoms with E-state index in [9.17, 15) is 19.3 Å². The van der Waals surface area contributed by atoms with Crippen LogP contribution in [0.5, 0.6) is 0 Å². The molecule has 3 atom stereocenters. The second-order valence-corrected chi connectivity index (χ2v) is 9.45. The molecule has 2 rings (SSSR count). The Balaban J connectivity index is 1.89. The van der Waals surface area contributed by atoms with Crippen molar-refractivity contribution in [2.24, 2.45) is 0 Å². The van der Waals surface area contributed by atoms with Crippen LogP contribution >= 0.6 is 7.52 Å². The van der Waals surface area contributed by atoms with Gasteiger partial charge in [-0.05, 0) is 51.5 Å². The minimum Gasteiger partial charge on any atom is -0.480 e. The molecule has 156 valence electrons. The highest BCUT2D eigenvalue weighted by Gasteiger charge is 2.37. The number of nitrogens with one attached hydrogen (secondary N) is 1. The Bertz CT molecular complexity index is 697. The van der Waals surface area contributed by atoms with Crippen LogP contribution in [0.15, 0.2) is 30.3 Å². The summed E-state index contributed by atoms with van der Waals surface area (Å²) in [6, 6.07) is 8.55. The Morgan fingerprint density at radius 1 is 1.32 bits per heavy atom. The van der Waals surface area contributed by atoms with E-state index in [0.29, 0.717) is 32.0 Å². The van der Waals surface area contributed by atoms with Crippen molar-refractivity contribution in [2.45, 2.75) is 58.0 Å². The highest BCUT2D eigenvalue weighted by atomic mass is 31.2. The molecule has 1 saturated heterocycles. The maximum atomic E-state index is 13.1. The number of carboxylic acids is 1. The van der Waals surface area contributed by atoms with Crippen molar-refractivity contribution in [1.82, 2.24) is 9.99 Å². The van der Waals surface area contributed by atoms with Gasteiger partial charge in [0, 0.05) is 12.7 Å². The second kappa shape index (κ2) is 10.7. The molecule has 2 N–H and O–H groups in total. The highest BCUT2D eigenvalue weighted by molar-refractivity contribution is 7.56. The summed E-state index contributed by atoms with van der Waals surface area (Å²) < 4.78 is 18.6. The van der Waals surface area contributed by atoms with Crippen molar-refractivity contribution in [2.75, 3.05) is 19.3 Å². The number of carbonyl (C=O) groups excluding carboxylic acids is 1. The van der Waals surface area contributed by atoms with Gasteiger partial charge in [0.1, 0.15) is 6.04 Å². The molecule has 28 heavy (non-hydrogen) atoms. The van der Waals surface area contributed by atoms with E-state index in [1.165, 1.54) is 10.5 Å². The van der Waals surface area contributed by atoms with Crippen molar-refractivity contribution in [3.05, 3.63) is 35.9 Å². The Morgan fingerprint density at radius 2 is 2.04 bits per heavy atom. The van der Waals surface area contributed by atoms with Gasteiger partial charge in [-0.15, -0.1) is 0 Å². The monoisotopic (exact) mass is 410 g/mol. The lowest BCUT2D eigenvalue weighted by molar-refractivity contribution is -0.148. The van der Waals surface area contributed by atoms with E-state index < -0.39 is 25.6 Å². The zero-order chi connectivity index (χ0) is 20.6. The maximum absolute atomic E-state index is 13.1. The predicted molar refractivity (Wildman–Crippen MR) is 108 cm³/mol. The number of hydrogen-bond acceptors (Lipinski definition) is 4. The van der Waals surface area contributed by atoms with Crippen LogP contribution in [0.1, 0.15) is 45.1 Å². The van der Waals surface area contributed by atoms with Crippen LogP contribution in [0, 0.1) is 0 Å². The van der Waals surface area contributed by atoms with Gasteiger partial charge in [-0.3, -0.25) is 9.36 Å². The van der Waals surface area contributed by atoms with Gasteiger partial charge < -0.3 is 14.5 Å². The molecule has 1 aromatic carbocycles. The van der Waals surface area contributed by atoms with Crippen molar-refractivity contribution >= 4 is 19.4 Å². The minimum atomic E-state index is -3.18. The number of rotatable bonds is 11. The largest absolute Gasteiger partial charge is 0.480 e. The van der Waals surface area contributed by atoms with E-state index >= 15 is 0 Å². The van der Waals surface area contributed by atoms with E-state index in [1.807, 2.05) is 18.2 Å². The first-order valence-corrected chi connectivity index (χ1v) is 11.8. The Hall–Kier alpha value is -1.69. The zero-order valence-corrected chi connectivity index (χ0v) is 17.6. The quantitative estimate of drug-likeness (QED) is 0.429. The average molecular weight is 410 g/mol. The summed E-state index contributed by atoms with van der Waals surface area (Å²) in [5.41, 5.74) is 1.24. The standard InChI is InChI=1S/C20H31N2O5P/c1-3-27-28(26,15-8-7-12-17-10-5-4-6-11-17)21-16(2)19(23)22-14-9-13-18(22)20(24)25/h4-6,10-11,16,18H,3,7-9,12-15H2,1-2H3,(H,21,26)(H,24,25)/t16-,18-,28?/m0/s1. The highest BCUT2D eigenvalue weighted by Crippen LogP contribution is 2.44. The third kappa shape index (κ3) is 6.43. The van der Waals surface area contributed by atoms with Crippen LogP contribution in [0.25, 0.3) is 0 Å². The molecule has 1 amide bonds. The summed E-state index contributed by atoms with van der Waals surface area (Å²) in [4.78, 5) is 25.4. The molecular weight excluding hydrogens is 379 g/mol. The van der Waals surface area contributed by atoms with Gasteiger partial charge in [0.2, 0.25) is 5.91 Å². The lowest BCUT2D eigenvalue weighted by Crippen LogP contribution is -2.48. The number of carboxylic acid groups (broad SMARTS) is 1. The first kappa shape index (κ1) is 22.6. The van der Waals surface area contributed by atoms with Crippen molar-refractivity contribution in [3.63, 3.8) is 0 Å². The van der Waals surface area contributed by atoms with Gasteiger partial charge in [-0.25, -0.2) is 9.88 Å². The van der Waals surface area contributed by atoms with Gasteiger partial charge in [-0.1, -0.05) is 30.3 Å². The van der Waals surface area contributed by atoms with Crippen LogP contribution in [0.4, 0.5) is 0 Å². The van der Waals surface area contributed by atoms with Crippen molar-refractivity contribution < 1.29 is 23.8 Å². The summed E-state index contributed by atoms with van der Waals surface area (Å²) in [6.07, 6.45) is 3.94. The van der Waals surface area contributed by atoms with Crippen molar-refractivity contribution in [1.29, 1.82) is 0 Å². The van der Waals surface area contributed by atoms with Crippen LogP contribution in [0.3, 0.4) is 0 Å². The molecule has 0 radical (unpaired) electrons. The number of aliphatic carboxylic acids is 1. The summed E-state index contributed by atoms with van der Waals surface area (Å²) >= 11 is 0.